The minimum Gasteiger partial charge on any atom is -0.299 e. The van der Waals surface area contributed by atoms with Gasteiger partial charge in [0.05, 0.1) is 0 Å². The molecule has 0 heterocycles. The quantitative estimate of drug-likeness (QED) is 0.550. The van der Waals surface area contributed by atoms with E-state index in [0.717, 1.165) is 0 Å². The summed E-state index contributed by atoms with van der Waals surface area (Å²) in [5.41, 5.74) is 0. The van der Waals surface area contributed by atoms with Gasteiger partial charge < -0.3 is 0 Å². The van der Waals surface area contributed by atoms with Crippen LogP contribution in [0.1, 0.15) is 19.8 Å². The van der Waals surface area contributed by atoms with E-state index in [9.17, 15) is 22.8 Å². The van der Waals surface area contributed by atoms with Gasteiger partial charge in [-0.2, -0.15) is 13.2 Å². The largest absolute Gasteiger partial charge is 0.405 e. The molecular formula is C8H9F3O2. The van der Waals surface area contributed by atoms with Crippen molar-refractivity contribution >= 4 is 11.6 Å². The monoisotopic (exact) mass is 194 g/mol. The Labute approximate surface area is 73.1 Å². The molecule has 0 amide bonds. The van der Waals surface area contributed by atoms with Gasteiger partial charge >= 0.3 is 6.18 Å². The summed E-state index contributed by atoms with van der Waals surface area (Å²) in [6.07, 6.45) is -4.99. The number of halogens is 3. The van der Waals surface area contributed by atoms with E-state index in [2.05, 4.69) is 0 Å². The Morgan fingerprint density at radius 2 is 1.54 bits per heavy atom. The maximum atomic E-state index is 12.1. The van der Waals surface area contributed by atoms with Crippen LogP contribution in [0.15, 0.2) is 0 Å². The highest BCUT2D eigenvalue weighted by Crippen LogP contribution is 2.34. The highest BCUT2D eigenvalue weighted by atomic mass is 19.4. The van der Waals surface area contributed by atoms with Crippen molar-refractivity contribution in [3.63, 3.8) is 0 Å². The Morgan fingerprint density at radius 1 is 1.15 bits per heavy atom. The molecule has 0 N–H and O–H groups in total. The minimum absolute atomic E-state index is 0.143. The standard InChI is InChI=1S/C8H9F3O2/c1-4-2-5(12)7(6(13)3-4)8(9,10)11/h4,7H,2-3H2,1H3. The molecule has 1 aliphatic carbocycles. The second kappa shape index (κ2) is 3.12. The van der Waals surface area contributed by atoms with E-state index in [1.807, 2.05) is 0 Å². The number of carbonyl (C=O) groups is 2. The van der Waals surface area contributed by atoms with Gasteiger partial charge in [0.15, 0.2) is 17.5 Å². The number of rotatable bonds is 0. The summed E-state index contributed by atoms with van der Waals surface area (Å²) in [5, 5.41) is 0. The van der Waals surface area contributed by atoms with Crippen LogP contribution >= 0.6 is 0 Å². The molecule has 0 saturated heterocycles. The minimum atomic E-state index is -4.70. The zero-order chi connectivity index (χ0) is 10.2. The second-order valence-electron chi connectivity index (χ2n) is 3.42. The van der Waals surface area contributed by atoms with Crippen LogP contribution in [-0.2, 0) is 9.59 Å². The lowest BCUT2D eigenvalue weighted by Gasteiger charge is -2.25. The third-order valence-corrected chi connectivity index (χ3v) is 2.07. The van der Waals surface area contributed by atoms with Gasteiger partial charge in [-0.3, -0.25) is 9.59 Å². The SMILES string of the molecule is CC1CC(=O)C(C(F)(F)F)C(=O)C1. The molecule has 5 heteroatoms. The molecule has 0 aromatic heterocycles. The van der Waals surface area contributed by atoms with E-state index in [-0.39, 0.29) is 18.8 Å². The highest BCUT2D eigenvalue weighted by molar-refractivity contribution is 6.05. The summed E-state index contributed by atoms with van der Waals surface area (Å²) < 4.78 is 36.4. The highest BCUT2D eigenvalue weighted by Gasteiger charge is 2.51. The molecule has 2 nitrogen and oxygen atoms in total. The van der Waals surface area contributed by atoms with Crippen LogP contribution in [0, 0.1) is 11.8 Å². The van der Waals surface area contributed by atoms with Crippen molar-refractivity contribution in [1.29, 1.82) is 0 Å². The van der Waals surface area contributed by atoms with E-state index in [1.165, 1.54) is 0 Å². The van der Waals surface area contributed by atoms with Crippen molar-refractivity contribution in [2.75, 3.05) is 0 Å². The number of alkyl halides is 3. The maximum absolute atomic E-state index is 12.1. The lowest BCUT2D eigenvalue weighted by molar-refractivity contribution is -0.188. The third-order valence-electron chi connectivity index (χ3n) is 2.07. The number of Topliss-reactive ketones (excluding diaryl/α,β-unsaturated/α-hetero) is 2. The molecule has 1 aliphatic rings. The van der Waals surface area contributed by atoms with Crippen LogP contribution in [-0.4, -0.2) is 17.7 Å². The van der Waals surface area contributed by atoms with Gasteiger partial charge in [0.2, 0.25) is 0 Å². The van der Waals surface area contributed by atoms with Gasteiger partial charge in [-0.1, -0.05) is 6.92 Å². The average Bonchev–Trinajstić information content (AvgIpc) is 1.78. The molecule has 1 rings (SSSR count). The van der Waals surface area contributed by atoms with Crippen molar-refractivity contribution < 1.29 is 22.8 Å². The topological polar surface area (TPSA) is 34.1 Å². The predicted molar refractivity (Wildman–Crippen MR) is 38.0 cm³/mol. The molecule has 0 radical (unpaired) electrons. The molecule has 1 fully saturated rings. The number of hydrogen-bond donors (Lipinski definition) is 0. The molecular weight excluding hydrogens is 185 g/mol. The molecule has 74 valence electrons. The number of carbonyl (C=O) groups excluding carboxylic acids is 2. The Bertz CT molecular complexity index is 226. The van der Waals surface area contributed by atoms with Crippen molar-refractivity contribution in [2.24, 2.45) is 11.8 Å². The van der Waals surface area contributed by atoms with Crippen molar-refractivity contribution in [1.82, 2.24) is 0 Å². The van der Waals surface area contributed by atoms with Crippen LogP contribution in [0.25, 0.3) is 0 Å². The van der Waals surface area contributed by atoms with Crippen LogP contribution in [0.4, 0.5) is 13.2 Å². The van der Waals surface area contributed by atoms with E-state index in [1.54, 1.807) is 6.92 Å². The van der Waals surface area contributed by atoms with Crippen molar-refractivity contribution in [2.45, 2.75) is 25.9 Å². The fourth-order valence-corrected chi connectivity index (χ4v) is 1.54. The van der Waals surface area contributed by atoms with Crippen molar-refractivity contribution in [3.05, 3.63) is 0 Å². The molecule has 0 aromatic rings. The lowest BCUT2D eigenvalue weighted by atomic mass is 9.80. The summed E-state index contributed by atoms with van der Waals surface area (Å²) in [6.45, 7) is 1.60. The van der Waals surface area contributed by atoms with Crippen LogP contribution in [0.3, 0.4) is 0 Å². The number of hydrogen-bond acceptors (Lipinski definition) is 2. The van der Waals surface area contributed by atoms with Gasteiger partial charge in [-0.05, 0) is 5.92 Å². The van der Waals surface area contributed by atoms with Gasteiger partial charge in [-0.25, -0.2) is 0 Å². The van der Waals surface area contributed by atoms with Gasteiger partial charge in [-0.15, -0.1) is 0 Å². The first kappa shape index (κ1) is 10.2. The fraction of sp³-hybridized carbons (Fsp3) is 0.750. The third kappa shape index (κ3) is 2.08. The van der Waals surface area contributed by atoms with E-state index < -0.39 is 23.7 Å². The summed E-state index contributed by atoms with van der Waals surface area (Å²) >= 11 is 0. The van der Waals surface area contributed by atoms with Gasteiger partial charge in [0, 0.05) is 12.8 Å². The molecule has 13 heavy (non-hydrogen) atoms. The van der Waals surface area contributed by atoms with Crippen LogP contribution in [0.2, 0.25) is 0 Å². The first-order valence-corrected chi connectivity index (χ1v) is 3.94. The molecule has 0 aromatic carbocycles. The Kier molecular flexibility index (Phi) is 2.45. The fourth-order valence-electron chi connectivity index (χ4n) is 1.54. The molecule has 0 bridgehead atoms. The van der Waals surface area contributed by atoms with Gasteiger partial charge in [0.25, 0.3) is 0 Å². The maximum Gasteiger partial charge on any atom is 0.405 e. The first-order valence-electron chi connectivity index (χ1n) is 3.94. The molecule has 0 unspecified atom stereocenters. The smallest absolute Gasteiger partial charge is 0.299 e. The number of ketones is 2. The van der Waals surface area contributed by atoms with E-state index in [0.29, 0.717) is 0 Å². The summed E-state index contributed by atoms with van der Waals surface area (Å²) in [4.78, 5) is 21.8. The van der Waals surface area contributed by atoms with Gasteiger partial charge in [0.1, 0.15) is 0 Å². The Hall–Kier alpha value is -0.870. The molecule has 0 atom stereocenters. The van der Waals surface area contributed by atoms with Crippen LogP contribution < -0.4 is 0 Å². The van der Waals surface area contributed by atoms with E-state index in [4.69, 9.17) is 0 Å². The average molecular weight is 194 g/mol. The summed E-state index contributed by atoms with van der Waals surface area (Å²) in [6, 6.07) is 0. The second-order valence-corrected chi connectivity index (χ2v) is 3.42. The molecule has 0 aliphatic heterocycles. The first-order chi connectivity index (χ1) is 5.82. The van der Waals surface area contributed by atoms with E-state index >= 15 is 0 Å². The Morgan fingerprint density at radius 3 is 1.85 bits per heavy atom. The summed E-state index contributed by atoms with van der Waals surface area (Å²) in [5.74, 6) is -4.59. The molecule has 0 spiro atoms. The van der Waals surface area contributed by atoms with Crippen molar-refractivity contribution in [3.8, 4) is 0 Å². The predicted octanol–water partition coefficient (Wildman–Crippen LogP) is 1.73. The normalized spacial score (nSPS) is 30.8. The summed E-state index contributed by atoms with van der Waals surface area (Å²) in [7, 11) is 0. The zero-order valence-corrected chi connectivity index (χ0v) is 7.02. The zero-order valence-electron chi connectivity index (χ0n) is 7.02. The molecule has 1 saturated carbocycles. The Balaban J connectivity index is 2.86. The van der Waals surface area contributed by atoms with Crippen LogP contribution in [0.5, 0.6) is 0 Å². The lowest BCUT2D eigenvalue weighted by Crippen LogP contribution is -2.42.